The molecule has 0 atom stereocenters. The van der Waals surface area contributed by atoms with Crippen LogP contribution in [0.4, 0.5) is 0 Å². The Bertz CT molecular complexity index is 601. The molecule has 2 heterocycles. The largest absolute Gasteiger partial charge is 0.395 e. The molecule has 0 aromatic carbocycles. The molecule has 7 heteroatoms. The average Bonchev–Trinajstić information content (AvgIpc) is 3.06. The first-order chi connectivity index (χ1) is 10.1. The molecule has 0 saturated heterocycles. The predicted octanol–water partition coefficient (Wildman–Crippen LogP) is 0.977. The fourth-order valence-electron chi connectivity index (χ4n) is 2.33. The molecule has 114 valence electrons. The van der Waals surface area contributed by atoms with E-state index in [4.69, 9.17) is 10.2 Å². The van der Waals surface area contributed by atoms with Crippen molar-refractivity contribution in [2.75, 3.05) is 26.3 Å². The lowest BCUT2D eigenvalue weighted by Gasteiger charge is -2.20. The SMILES string of the molecule is Cc1cc(C(=O)N(CCO)CCO)c(C)n1-c1nccs1. The van der Waals surface area contributed by atoms with Crippen molar-refractivity contribution in [2.45, 2.75) is 13.8 Å². The number of thiazole rings is 1. The molecule has 0 aliphatic heterocycles. The number of rotatable bonds is 6. The summed E-state index contributed by atoms with van der Waals surface area (Å²) in [5, 5.41) is 20.8. The van der Waals surface area contributed by atoms with Gasteiger partial charge < -0.3 is 15.1 Å². The summed E-state index contributed by atoms with van der Waals surface area (Å²) in [4.78, 5) is 18.3. The number of hydrogen-bond donors (Lipinski definition) is 2. The van der Waals surface area contributed by atoms with Gasteiger partial charge in [0.25, 0.3) is 5.91 Å². The molecular weight excluding hydrogens is 290 g/mol. The van der Waals surface area contributed by atoms with Gasteiger partial charge in [0.15, 0.2) is 5.13 Å². The summed E-state index contributed by atoms with van der Waals surface area (Å²) < 4.78 is 1.94. The van der Waals surface area contributed by atoms with Gasteiger partial charge in [-0.15, -0.1) is 11.3 Å². The van der Waals surface area contributed by atoms with Gasteiger partial charge >= 0.3 is 0 Å². The highest BCUT2D eigenvalue weighted by Crippen LogP contribution is 2.23. The van der Waals surface area contributed by atoms with E-state index in [1.54, 1.807) is 6.20 Å². The van der Waals surface area contributed by atoms with Crippen LogP contribution in [0.25, 0.3) is 5.13 Å². The maximum atomic E-state index is 12.6. The highest BCUT2D eigenvalue weighted by atomic mass is 32.1. The Morgan fingerprint density at radius 1 is 1.33 bits per heavy atom. The number of aryl methyl sites for hydroxylation is 1. The number of aromatic nitrogens is 2. The lowest BCUT2D eigenvalue weighted by molar-refractivity contribution is 0.0684. The van der Waals surface area contributed by atoms with Crippen molar-refractivity contribution in [3.8, 4) is 5.13 Å². The summed E-state index contributed by atoms with van der Waals surface area (Å²) in [5.74, 6) is -0.186. The molecule has 0 radical (unpaired) electrons. The summed E-state index contributed by atoms with van der Waals surface area (Å²) in [6.45, 7) is 3.96. The van der Waals surface area contributed by atoms with Gasteiger partial charge in [-0.05, 0) is 19.9 Å². The van der Waals surface area contributed by atoms with E-state index >= 15 is 0 Å². The quantitative estimate of drug-likeness (QED) is 0.834. The Labute approximate surface area is 127 Å². The smallest absolute Gasteiger partial charge is 0.255 e. The highest BCUT2D eigenvalue weighted by molar-refractivity contribution is 7.12. The van der Waals surface area contributed by atoms with E-state index in [1.165, 1.54) is 16.2 Å². The molecule has 0 unspecified atom stereocenters. The molecule has 0 bridgehead atoms. The Kier molecular flexibility index (Phi) is 5.11. The minimum Gasteiger partial charge on any atom is -0.395 e. The average molecular weight is 309 g/mol. The van der Waals surface area contributed by atoms with Crippen molar-refractivity contribution in [1.29, 1.82) is 0 Å². The number of hydrogen-bond acceptors (Lipinski definition) is 5. The van der Waals surface area contributed by atoms with Gasteiger partial charge in [-0.2, -0.15) is 0 Å². The van der Waals surface area contributed by atoms with Crippen molar-refractivity contribution in [1.82, 2.24) is 14.5 Å². The van der Waals surface area contributed by atoms with E-state index in [0.717, 1.165) is 16.5 Å². The van der Waals surface area contributed by atoms with Crippen LogP contribution in [-0.2, 0) is 0 Å². The van der Waals surface area contributed by atoms with E-state index in [9.17, 15) is 4.79 Å². The predicted molar refractivity (Wildman–Crippen MR) is 81.0 cm³/mol. The summed E-state index contributed by atoms with van der Waals surface area (Å²) in [6, 6.07) is 1.82. The first kappa shape index (κ1) is 15.7. The maximum absolute atomic E-state index is 12.6. The number of aliphatic hydroxyl groups is 2. The van der Waals surface area contributed by atoms with Crippen LogP contribution in [0.1, 0.15) is 21.7 Å². The molecule has 6 nitrogen and oxygen atoms in total. The molecule has 0 spiro atoms. The van der Waals surface area contributed by atoms with Crippen LogP contribution >= 0.6 is 11.3 Å². The summed E-state index contributed by atoms with van der Waals surface area (Å²) in [5.41, 5.74) is 2.32. The van der Waals surface area contributed by atoms with Crippen molar-refractivity contribution in [2.24, 2.45) is 0 Å². The van der Waals surface area contributed by atoms with Crippen molar-refractivity contribution < 1.29 is 15.0 Å². The number of amides is 1. The van der Waals surface area contributed by atoms with E-state index < -0.39 is 0 Å². The molecule has 2 aromatic rings. The highest BCUT2D eigenvalue weighted by Gasteiger charge is 2.21. The molecule has 2 N–H and O–H groups in total. The van der Waals surface area contributed by atoms with Gasteiger partial charge in [-0.25, -0.2) is 4.98 Å². The Morgan fingerprint density at radius 2 is 2.00 bits per heavy atom. The summed E-state index contributed by atoms with van der Waals surface area (Å²) >= 11 is 1.51. The minimum absolute atomic E-state index is 0.128. The van der Waals surface area contributed by atoms with E-state index in [0.29, 0.717) is 5.56 Å². The molecule has 0 aliphatic carbocycles. The van der Waals surface area contributed by atoms with Gasteiger partial charge in [0, 0.05) is 36.1 Å². The van der Waals surface area contributed by atoms with E-state index in [2.05, 4.69) is 4.98 Å². The zero-order valence-electron chi connectivity index (χ0n) is 12.1. The molecular formula is C14H19N3O3S. The lowest BCUT2D eigenvalue weighted by atomic mass is 10.2. The first-order valence-electron chi connectivity index (χ1n) is 6.70. The van der Waals surface area contributed by atoms with Crippen LogP contribution in [-0.4, -0.2) is 56.9 Å². The monoisotopic (exact) mass is 309 g/mol. The molecule has 1 amide bonds. The maximum Gasteiger partial charge on any atom is 0.255 e. The topological polar surface area (TPSA) is 78.6 Å². The summed E-state index contributed by atoms with van der Waals surface area (Å²) in [6.07, 6.45) is 1.73. The zero-order valence-corrected chi connectivity index (χ0v) is 12.9. The second-order valence-corrected chi connectivity index (χ2v) is 5.55. The molecule has 0 fully saturated rings. The fourth-order valence-corrected chi connectivity index (χ4v) is 3.08. The van der Waals surface area contributed by atoms with Crippen LogP contribution in [0, 0.1) is 13.8 Å². The van der Waals surface area contributed by atoms with Crippen LogP contribution in [0.5, 0.6) is 0 Å². The number of carbonyl (C=O) groups excluding carboxylic acids is 1. The zero-order chi connectivity index (χ0) is 15.4. The Morgan fingerprint density at radius 3 is 2.52 bits per heavy atom. The minimum atomic E-state index is -0.186. The molecule has 0 saturated carbocycles. The van der Waals surface area contributed by atoms with Crippen LogP contribution < -0.4 is 0 Å². The fraction of sp³-hybridized carbons (Fsp3) is 0.429. The van der Waals surface area contributed by atoms with Crippen LogP contribution in [0.3, 0.4) is 0 Å². The molecule has 2 aromatic heterocycles. The molecule has 2 rings (SSSR count). The van der Waals surface area contributed by atoms with Gasteiger partial charge in [-0.3, -0.25) is 9.36 Å². The molecule has 0 aliphatic rings. The Balaban J connectivity index is 2.36. The third kappa shape index (κ3) is 3.15. The van der Waals surface area contributed by atoms with E-state index in [-0.39, 0.29) is 32.2 Å². The van der Waals surface area contributed by atoms with Crippen LogP contribution in [0.2, 0.25) is 0 Å². The third-order valence-corrected chi connectivity index (χ3v) is 4.06. The van der Waals surface area contributed by atoms with Gasteiger partial charge in [0.05, 0.1) is 18.8 Å². The number of nitrogens with zero attached hydrogens (tertiary/aromatic N) is 3. The van der Waals surface area contributed by atoms with E-state index in [1.807, 2.05) is 29.9 Å². The van der Waals surface area contributed by atoms with Crippen molar-refractivity contribution >= 4 is 17.2 Å². The number of carbonyl (C=O) groups is 1. The lowest BCUT2D eigenvalue weighted by Crippen LogP contribution is -2.36. The number of aliphatic hydroxyl groups excluding tert-OH is 2. The second kappa shape index (κ2) is 6.84. The Hall–Kier alpha value is -1.70. The van der Waals surface area contributed by atoms with Crippen molar-refractivity contribution in [3.63, 3.8) is 0 Å². The second-order valence-electron chi connectivity index (χ2n) is 4.67. The normalized spacial score (nSPS) is 10.9. The first-order valence-corrected chi connectivity index (χ1v) is 7.58. The molecule has 21 heavy (non-hydrogen) atoms. The van der Waals surface area contributed by atoms with Crippen LogP contribution in [0.15, 0.2) is 17.6 Å². The van der Waals surface area contributed by atoms with Crippen molar-refractivity contribution in [3.05, 3.63) is 34.6 Å². The van der Waals surface area contributed by atoms with Gasteiger partial charge in [0.2, 0.25) is 0 Å². The third-order valence-electron chi connectivity index (χ3n) is 3.30. The summed E-state index contributed by atoms with van der Waals surface area (Å²) in [7, 11) is 0. The standard InChI is InChI=1S/C14H19N3O3S/c1-10-9-12(13(20)16(4-6-18)5-7-19)11(2)17(10)14-15-3-8-21-14/h3,8-9,18-19H,4-7H2,1-2H3. The van der Waals surface area contributed by atoms with Gasteiger partial charge in [0.1, 0.15) is 0 Å². The van der Waals surface area contributed by atoms with Gasteiger partial charge in [-0.1, -0.05) is 0 Å².